The molecule has 0 N–H and O–H groups in total. The number of piperidine rings is 2. The van der Waals surface area contributed by atoms with Gasteiger partial charge in [0, 0.05) is 18.5 Å². The predicted octanol–water partition coefficient (Wildman–Crippen LogP) is 2.98. The largest absolute Gasteiger partial charge is 0.466 e. The van der Waals surface area contributed by atoms with E-state index in [1.807, 2.05) is 6.92 Å². The number of nitrogens with zero attached hydrogens (tertiary/aromatic N) is 1. The average molecular weight is 253 g/mol. The summed E-state index contributed by atoms with van der Waals surface area (Å²) in [6.45, 7) is 5.85. The first-order chi connectivity index (χ1) is 8.72. The van der Waals surface area contributed by atoms with Crippen LogP contribution in [0.15, 0.2) is 0 Å². The van der Waals surface area contributed by atoms with Crippen molar-refractivity contribution in [1.82, 2.24) is 4.90 Å². The molecule has 0 radical (unpaired) electrons. The molecule has 104 valence electrons. The summed E-state index contributed by atoms with van der Waals surface area (Å²) in [7, 11) is 0. The molecule has 2 aliphatic rings. The molecule has 2 bridgehead atoms. The highest BCUT2D eigenvalue weighted by Crippen LogP contribution is 2.37. The second-order valence-corrected chi connectivity index (χ2v) is 5.85. The van der Waals surface area contributed by atoms with Gasteiger partial charge in [-0.25, -0.2) is 0 Å². The van der Waals surface area contributed by atoms with Crippen molar-refractivity contribution in [2.45, 2.75) is 70.9 Å². The van der Waals surface area contributed by atoms with Crippen molar-refractivity contribution in [3.05, 3.63) is 0 Å². The van der Waals surface area contributed by atoms with Gasteiger partial charge in [-0.1, -0.05) is 13.3 Å². The van der Waals surface area contributed by atoms with E-state index in [-0.39, 0.29) is 5.97 Å². The quantitative estimate of drug-likeness (QED) is 0.705. The third-order valence-electron chi connectivity index (χ3n) is 4.65. The number of fused-ring (bicyclic) bond motifs is 2. The van der Waals surface area contributed by atoms with Crippen LogP contribution in [-0.4, -0.2) is 36.1 Å². The molecule has 0 aromatic rings. The summed E-state index contributed by atoms with van der Waals surface area (Å²) in [6, 6.07) is 1.57. The smallest absolute Gasteiger partial charge is 0.305 e. The molecule has 0 saturated carbocycles. The maximum absolute atomic E-state index is 11.4. The number of hydrogen-bond donors (Lipinski definition) is 0. The Morgan fingerprint density at radius 3 is 2.89 bits per heavy atom. The zero-order valence-corrected chi connectivity index (χ0v) is 11.9. The summed E-state index contributed by atoms with van der Waals surface area (Å²) >= 11 is 0. The minimum atomic E-state index is -0.0345. The third kappa shape index (κ3) is 3.25. The Kier molecular flexibility index (Phi) is 5.04. The first-order valence-electron chi connectivity index (χ1n) is 7.63. The summed E-state index contributed by atoms with van der Waals surface area (Å²) < 4.78 is 4.99. The van der Waals surface area contributed by atoms with E-state index in [1.165, 1.54) is 32.1 Å². The highest BCUT2D eigenvalue weighted by molar-refractivity contribution is 5.69. The normalized spacial score (nSPS) is 32.2. The Morgan fingerprint density at radius 2 is 2.11 bits per heavy atom. The lowest BCUT2D eigenvalue weighted by Gasteiger charge is -2.49. The van der Waals surface area contributed by atoms with Gasteiger partial charge in [-0.15, -0.1) is 0 Å². The van der Waals surface area contributed by atoms with Crippen molar-refractivity contribution in [3.63, 3.8) is 0 Å². The fraction of sp³-hybridized carbons (Fsp3) is 0.933. The SMILES string of the molecule is CCOC(=O)CCCN1[C@@H]2CCC[C@H]1[C@@H](C)CC2. The van der Waals surface area contributed by atoms with Crippen molar-refractivity contribution >= 4 is 5.97 Å². The van der Waals surface area contributed by atoms with Crippen LogP contribution in [0.2, 0.25) is 0 Å². The number of carbonyl (C=O) groups is 1. The second kappa shape index (κ2) is 6.55. The summed E-state index contributed by atoms with van der Waals surface area (Å²) in [5.74, 6) is 0.803. The summed E-state index contributed by atoms with van der Waals surface area (Å²) in [5, 5.41) is 0. The molecule has 0 aromatic carbocycles. The van der Waals surface area contributed by atoms with Gasteiger partial charge in [0.05, 0.1) is 6.61 Å². The Balaban J connectivity index is 1.79. The van der Waals surface area contributed by atoms with Crippen LogP contribution in [0.3, 0.4) is 0 Å². The summed E-state index contributed by atoms with van der Waals surface area (Å²) in [4.78, 5) is 14.0. The van der Waals surface area contributed by atoms with Crippen LogP contribution in [0.5, 0.6) is 0 Å². The summed E-state index contributed by atoms with van der Waals surface area (Å²) in [5.41, 5.74) is 0. The molecule has 0 unspecified atom stereocenters. The maximum Gasteiger partial charge on any atom is 0.305 e. The molecule has 2 heterocycles. The van der Waals surface area contributed by atoms with E-state index in [4.69, 9.17) is 4.74 Å². The van der Waals surface area contributed by atoms with Crippen LogP contribution < -0.4 is 0 Å². The van der Waals surface area contributed by atoms with Crippen LogP contribution in [0.25, 0.3) is 0 Å². The van der Waals surface area contributed by atoms with Crippen LogP contribution in [0.4, 0.5) is 0 Å². The molecular weight excluding hydrogens is 226 g/mol. The van der Waals surface area contributed by atoms with Gasteiger partial charge in [0.2, 0.25) is 0 Å². The molecule has 3 atom stereocenters. The van der Waals surface area contributed by atoms with Gasteiger partial charge >= 0.3 is 5.97 Å². The standard InChI is InChI=1S/C15H27NO2/c1-3-18-15(17)8-5-11-16-13-6-4-7-14(16)12(2)9-10-13/h12-14H,3-11H2,1-2H3/t12-,13+,14-/m0/s1. The topological polar surface area (TPSA) is 29.5 Å². The van der Waals surface area contributed by atoms with Gasteiger partial charge in [-0.2, -0.15) is 0 Å². The van der Waals surface area contributed by atoms with Gasteiger partial charge in [-0.3, -0.25) is 9.69 Å². The van der Waals surface area contributed by atoms with Gasteiger partial charge in [0.1, 0.15) is 0 Å². The van der Waals surface area contributed by atoms with Crippen molar-refractivity contribution < 1.29 is 9.53 Å². The molecule has 0 aliphatic carbocycles. The molecule has 3 heteroatoms. The average Bonchev–Trinajstić information content (AvgIpc) is 2.35. The van der Waals surface area contributed by atoms with E-state index in [1.54, 1.807) is 0 Å². The van der Waals surface area contributed by atoms with Crippen molar-refractivity contribution in [2.75, 3.05) is 13.2 Å². The third-order valence-corrected chi connectivity index (χ3v) is 4.65. The maximum atomic E-state index is 11.4. The van der Waals surface area contributed by atoms with Gasteiger partial charge in [0.15, 0.2) is 0 Å². The van der Waals surface area contributed by atoms with Gasteiger partial charge in [-0.05, 0) is 51.5 Å². The monoisotopic (exact) mass is 253 g/mol. The van der Waals surface area contributed by atoms with Crippen LogP contribution in [-0.2, 0) is 9.53 Å². The Morgan fingerprint density at radius 1 is 1.28 bits per heavy atom. The van der Waals surface area contributed by atoms with Crippen molar-refractivity contribution in [3.8, 4) is 0 Å². The number of carbonyl (C=O) groups excluding carboxylic acids is 1. The predicted molar refractivity (Wildman–Crippen MR) is 72.4 cm³/mol. The second-order valence-electron chi connectivity index (χ2n) is 5.85. The Hall–Kier alpha value is -0.570. The Bertz CT molecular complexity index is 280. The minimum Gasteiger partial charge on any atom is -0.466 e. The number of ether oxygens (including phenoxy) is 1. The van der Waals surface area contributed by atoms with Crippen molar-refractivity contribution in [2.24, 2.45) is 5.92 Å². The molecule has 2 aliphatic heterocycles. The fourth-order valence-electron chi connectivity index (χ4n) is 3.72. The zero-order chi connectivity index (χ0) is 13.0. The Labute approximate surface area is 111 Å². The molecule has 2 fully saturated rings. The van der Waals surface area contributed by atoms with Gasteiger partial charge < -0.3 is 4.74 Å². The molecule has 0 aromatic heterocycles. The highest BCUT2D eigenvalue weighted by Gasteiger charge is 2.37. The molecule has 0 amide bonds. The number of hydrogen-bond acceptors (Lipinski definition) is 3. The van der Waals surface area contributed by atoms with E-state index in [0.29, 0.717) is 13.0 Å². The lowest BCUT2D eigenvalue weighted by atomic mass is 9.78. The molecule has 0 spiro atoms. The first kappa shape index (κ1) is 13.9. The molecule has 3 nitrogen and oxygen atoms in total. The van der Waals surface area contributed by atoms with Crippen molar-refractivity contribution in [1.29, 1.82) is 0 Å². The molecular formula is C15H27NO2. The molecule has 2 rings (SSSR count). The minimum absolute atomic E-state index is 0.0345. The first-order valence-corrected chi connectivity index (χ1v) is 7.63. The van der Waals surface area contributed by atoms with Crippen LogP contribution >= 0.6 is 0 Å². The summed E-state index contributed by atoms with van der Waals surface area (Å²) in [6.07, 6.45) is 8.41. The van der Waals surface area contributed by atoms with E-state index in [0.717, 1.165) is 31.0 Å². The molecule has 2 saturated heterocycles. The van der Waals surface area contributed by atoms with E-state index in [9.17, 15) is 4.79 Å². The van der Waals surface area contributed by atoms with E-state index >= 15 is 0 Å². The number of esters is 1. The van der Waals surface area contributed by atoms with E-state index in [2.05, 4.69) is 11.8 Å². The molecule has 18 heavy (non-hydrogen) atoms. The fourth-order valence-corrected chi connectivity index (χ4v) is 3.72. The lowest BCUT2D eigenvalue weighted by Crippen LogP contribution is -2.53. The van der Waals surface area contributed by atoms with Crippen LogP contribution in [0.1, 0.15) is 58.8 Å². The van der Waals surface area contributed by atoms with E-state index < -0.39 is 0 Å². The lowest BCUT2D eigenvalue weighted by molar-refractivity contribution is -0.143. The highest BCUT2D eigenvalue weighted by atomic mass is 16.5. The van der Waals surface area contributed by atoms with Crippen LogP contribution in [0, 0.1) is 5.92 Å². The van der Waals surface area contributed by atoms with Gasteiger partial charge in [0.25, 0.3) is 0 Å². The number of rotatable bonds is 5. The zero-order valence-electron chi connectivity index (χ0n) is 11.9.